The number of rotatable bonds is 2. The van der Waals surface area contributed by atoms with Crippen LogP contribution in [0.3, 0.4) is 0 Å². The molecule has 0 fully saturated rings. The maximum absolute atomic E-state index is 11.4. The number of carbonyl (C=O) groups excluding carboxylic acids is 1. The predicted molar refractivity (Wildman–Crippen MR) is 64.3 cm³/mol. The Labute approximate surface area is 100 Å². The smallest absolute Gasteiger partial charge is 0.374 e. The predicted octanol–water partition coefficient (Wildman–Crippen LogP) is 2.95. The highest BCUT2D eigenvalue weighted by Crippen LogP contribution is 2.31. The Morgan fingerprint density at radius 2 is 2.31 bits per heavy atom. The standard InChI is InChI=1S/C11H10BrNO3/c1-2-15-11(14)9-5-6-8(16-9)4-3-7(13)10(6)12/h3-5H,2,13H2,1H3. The summed E-state index contributed by atoms with van der Waals surface area (Å²) in [5.74, 6) is -0.285. The average Bonchev–Trinajstić information content (AvgIpc) is 2.69. The summed E-state index contributed by atoms with van der Waals surface area (Å²) < 4.78 is 10.9. The second-order valence-electron chi connectivity index (χ2n) is 3.21. The number of hydrogen-bond acceptors (Lipinski definition) is 4. The van der Waals surface area contributed by atoms with Gasteiger partial charge in [-0.1, -0.05) is 0 Å². The largest absolute Gasteiger partial charge is 0.460 e. The zero-order valence-corrected chi connectivity index (χ0v) is 10.2. The zero-order valence-electron chi connectivity index (χ0n) is 8.62. The summed E-state index contributed by atoms with van der Waals surface area (Å²) in [6.07, 6.45) is 0. The zero-order chi connectivity index (χ0) is 11.7. The van der Waals surface area contributed by atoms with Crippen molar-refractivity contribution in [3.8, 4) is 0 Å². The lowest BCUT2D eigenvalue weighted by molar-refractivity contribution is 0.0492. The Bertz CT molecular complexity index is 547. The van der Waals surface area contributed by atoms with Gasteiger partial charge in [-0.15, -0.1) is 0 Å². The van der Waals surface area contributed by atoms with E-state index in [4.69, 9.17) is 14.9 Å². The molecule has 1 aromatic heterocycles. The van der Waals surface area contributed by atoms with Gasteiger partial charge in [-0.05, 0) is 35.0 Å². The summed E-state index contributed by atoms with van der Waals surface area (Å²) in [4.78, 5) is 11.4. The van der Waals surface area contributed by atoms with Crippen LogP contribution < -0.4 is 5.73 Å². The van der Waals surface area contributed by atoms with Crippen LogP contribution in [0.25, 0.3) is 11.0 Å². The van der Waals surface area contributed by atoms with E-state index in [1.807, 2.05) is 0 Å². The molecular formula is C11H10BrNO3. The van der Waals surface area contributed by atoms with Crippen LogP contribution in [0, 0.1) is 0 Å². The molecule has 1 aromatic carbocycles. The molecule has 0 aliphatic heterocycles. The van der Waals surface area contributed by atoms with Gasteiger partial charge in [0, 0.05) is 17.1 Å². The van der Waals surface area contributed by atoms with Crippen molar-refractivity contribution in [1.29, 1.82) is 0 Å². The molecule has 2 N–H and O–H groups in total. The molecule has 0 amide bonds. The maximum atomic E-state index is 11.4. The average molecular weight is 284 g/mol. The van der Waals surface area contributed by atoms with Gasteiger partial charge >= 0.3 is 5.97 Å². The monoisotopic (exact) mass is 283 g/mol. The fourth-order valence-corrected chi connectivity index (χ4v) is 1.84. The van der Waals surface area contributed by atoms with Gasteiger partial charge in [0.2, 0.25) is 5.76 Å². The molecular weight excluding hydrogens is 274 g/mol. The summed E-state index contributed by atoms with van der Waals surface area (Å²) in [7, 11) is 0. The fourth-order valence-electron chi connectivity index (χ4n) is 1.40. The first-order valence-electron chi connectivity index (χ1n) is 4.78. The van der Waals surface area contributed by atoms with Gasteiger partial charge in [-0.25, -0.2) is 4.79 Å². The number of ether oxygens (including phenoxy) is 1. The van der Waals surface area contributed by atoms with Crippen molar-refractivity contribution in [3.63, 3.8) is 0 Å². The molecule has 0 aliphatic carbocycles. The maximum Gasteiger partial charge on any atom is 0.374 e. The van der Waals surface area contributed by atoms with E-state index in [-0.39, 0.29) is 5.76 Å². The first-order valence-corrected chi connectivity index (χ1v) is 5.57. The summed E-state index contributed by atoms with van der Waals surface area (Å²) in [5, 5.41) is 0.767. The lowest BCUT2D eigenvalue weighted by Gasteiger charge is -1.96. The third kappa shape index (κ3) is 1.78. The number of nitrogens with two attached hydrogens (primary N) is 1. The van der Waals surface area contributed by atoms with Gasteiger partial charge in [-0.3, -0.25) is 0 Å². The minimum Gasteiger partial charge on any atom is -0.460 e. The molecule has 0 unspecified atom stereocenters. The number of anilines is 1. The SMILES string of the molecule is CCOC(=O)c1cc2c(Br)c(N)ccc2o1. The quantitative estimate of drug-likeness (QED) is 0.680. The topological polar surface area (TPSA) is 65.5 Å². The number of halogens is 1. The number of nitrogen functional groups attached to an aromatic ring is 1. The Morgan fingerprint density at radius 3 is 3.00 bits per heavy atom. The van der Waals surface area contributed by atoms with Crippen LogP contribution >= 0.6 is 15.9 Å². The molecule has 0 saturated heterocycles. The number of furan rings is 1. The Morgan fingerprint density at radius 1 is 1.56 bits per heavy atom. The highest BCUT2D eigenvalue weighted by Gasteiger charge is 2.15. The Kier molecular flexibility index (Phi) is 2.87. The van der Waals surface area contributed by atoms with Crippen molar-refractivity contribution in [2.75, 3.05) is 12.3 Å². The summed E-state index contributed by atoms with van der Waals surface area (Å²) in [5.41, 5.74) is 6.93. The third-order valence-electron chi connectivity index (χ3n) is 2.14. The van der Waals surface area contributed by atoms with E-state index in [0.29, 0.717) is 17.9 Å². The van der Waals surface area contributed by atoms with Crippen molar-refractivity contribution in [2.45, 2.75) is 6.92 Å². The van der Waals surface area contributed by atoms with E-state index < -0.39 is 5.97 Å². The fraction of sp³-hybridized carbons (Fsp3) is 0.182. The number of hydrogen-bond donors (Lipinski definition) is 1. The lowest BCUT2D eigenvalue weighted by Crippen LogP contribution is -2.02. The molecule has 0 bridgehead atoms. The van der Waals surface area contributed by atoms with E-state index in [9.17, 15) is 4.79 Å². The first-order chi connectivity index (χ1) is 7.63. The molecule has 1 heterocycles. The van der Waals surface area contributed by atoms with Gasteiger partial charge in [0.1, 0.15) is 5.58 Å². The molecule has 2 aromatic rings. The summed E-state index contributed by atoms with van der Waals surface area (Å²) in [6.45, 7) is 2.06. The van der Waals surface area contributed by atoms with E-state index in [1.165, 1.54) is 0 Å². The second kappa shape index (κ2) is 4.17. The highest BCUT2D eigenvalue weighted by molar-refractivity contribution is 9.10. The second-order valence-corrected chi connectivity index (χ2v) is 4.00. The van der Waals surface area contributed by atoms with Gasteiger partial charge in [0.05, 0.1) is 11.1 Å². The van der Waals surface area contributed by atoms with Crippen molar-refractivity contribution in [2.24, 2.45) is 0 Å². The van der Waals surface area contributed by atoms with Crippen LogP contribution in [0.5, 0.6) is 0 Å². The van der Waals surface area contributed by atoms with Gasteiger partial charge in [0.15, 0.2) is 0 Å². The number of carbonyl (C=O) groups is 1. The Balaban J connectivity index is 2.52. The van der Waals surface area contributed by atoms with Crippen LogP contribution in [0.15, 0.2) is 27.1 Å². The highest BCUT2D eigenvalue weighted by atomic mass is 79.9. The van der Waals surface area contributed by atoms with Crippen LogP contribution in [0.4, 0.5) is 5.69 Å². The van der Waals surface area contributed by atoms with Crippen LogP contribution in [0.2, 0.25) is 0 Å². The van der Waals surface area contributed by atoms with Crippen LogP contribution in [-0.2, 0) is 4.74 Å². The van der Waals surface area contributed by atoms with Crippen molar-refractivity contribution < 1.29 is 13.9 Å². The van der Waals surface area contributed by atoms with E-state index in [1.54, 1.807) is 25.1 Å². The number of benzene rings is 1. The summed E-state index contributed by atoms with van der Waals surface area (Å²) >= 11 is 3.35. The van der Waals surface area contributed by atoms with Crippen molar-refractivity contribution in [3.05, 3.63) is 28.4 Å². The third-order valence-corrected chi connectivity index (χ3v) is 3.03. The number of esters is 1. The van der Waals surface area contributed by atoms with Crippen molar-refractivity contribution >= 4 is 38.6 Å². The van der Waals surface area contributed by atoms with Gasteiger partial charge in [0.25, 0.3) is 0 Å². The van der Waals surface area contributed by atoms with E-state index in [0.717, 1.165) is 9.86 Å². The molecule has 4 nitrogen and oxygen atoms in total. The van der Waals surface area contributed by atoms with Gasteiger partial charge < -0.3 is 14.9 Å². The van der Waals surface area contributed by atoms with E-state index in [2.05, 4.69) is 15.9 Å². The molecule has 5 heteroatoms. The molecule has 0 saturated carbocycles. The van der Waals surface area contributed by atoms with Gasteiger partial charge in [-0.2, -0.15) is 0 Å². The first kappa shape index (κ1) is 11.0. The van der Waals surface area contributed by atoms with Crippen LogP contribution in [-0.4, -0.2) is 12.6 Å². The molecule has 16 heavy (non-hydrogen) atoms. The Hall–Kier alpha value is -1.49. The normalized spacial score (nSPS) is 10.6. The van der Waals surface area contributed by atoms with Crippen LogP contribution in [0.1, 0.15) is 17.5 Å². The minimum absolute atomic E-state index is 0.183. The van der Waals surface area contributed by atoms with E-state index >= 15 is 0 Å². The number of fused-ring (bicyclic) bond motifs is 1. The molecule has 2 rings (SSSR count). The molecule has 0 aliphatic rings. The summed E-state index contributed by atoms with van der Waals surface area (Å²) in [6, 6.07) is 5.05. The molecule has 0 spiro atoms. The lowest BCUT2D eigenvalue weighted by atomic mass is 10.2. The minimum atomic E-state index is -0.468. The molecule has 84 valence electrons. The van der Waals surface area contributed by atoms with Crippen molar-refractivity contribution in [1.82, 2.24) is 0 Å². The molecule has 0 radical (unpaired) electrons. The molecule has 0 atom stereocenters.